The largest absolute Gasteiger partial charge is 0.256 e. The SMILES string of the molecule is Cc1ccc(-c2ccccn2)c(F)c1. The van der Waals surface area contributed by atoms with E-state index in [0.717, 1.165) is 5.56 Å². The zero-order valence-electron chi connectivity index (χ0n) is 7.87. The first kappa shape index (κ1) is 8.88. The summed E-state index contributed by atoms with van der Waals surface area (Å²) in [7, 11) is 0. The zero-order chi connectivity index (χ0) is 9.97. The summed E-state index contributed by atoms with van der Waals surface area (Å²) in [5.41, 5.74) is 2.14. The molecule has 0 radical (unpaired) electrons. The van der Waals surface area contributed by atoms with Crippen LogP contribution in [0.15, 0.2) is 42.6 Å². The molecule has 1 aromatic carbocycles. The van der Waals surface area contributed by atoms with E-state index in [9.17, 15) is 4.39 Å². The van der Waals surface area contributed by atoms with E-state index in [1.807, 2.05) is 25.1 Å². The number of rotatable bonds is 1. The molecule has 0 saturated heterocycles. The molecule has 0 bridgehead atoms. The van der Waals surface area contributed by atoms with Gasteiger partial charge in [0.15, 0.2) is 0 Å². The maximum absolute atomic E-state index is 13.5. The lowest BCUT2D eigenvalue weighted by Crippen LogP contribution is -1.87. The molecular weight excluding hydrogens is 177 g/mol. The van der Waals surface area contributed by atoms with Gasteiger partial charge < -0.3 is 0 Å². The van der Waals surface area contributed by atoms with Crippen molar-refractivity contribution in [2.75, 3.05) is 0 Å². The average Bonchev–Trinajstić information content (AvgIpc) is 2.19. The summed E-state index contributed by atoms with van der Waals surface area (Å²) in [6, 6.07) is 10.6. The third-order valence-corrected chi connectivity index (χ3v) is 2.07. The summed E-state index contributed by atoms with van der Waals surface area (Å²) in [6.07, 6.45) is 1.66. The quantitative estimate of drug-likeness (QED) is 0.668. The lowest BCUT2D eigenvalue weighted by Gasteiger charge is -2.02. The minimum absolute atomic E-state index is 0.219. The molecule has 14 heavy (non-hydrogen) atoms. The van der Waals surface area contributed by atoms with E-state index >= 15 is 0 Å². The van der Waals surface area contributed by atoms with Gasteiger partial charge in [-0.25, -0.2) is 4.39 Å². The van der Waals surface area contributed by atoms with Crippen LogP contribution in [0.2, 0.25) is 0 Å². The van der Waals surface area contributed by atoms with Crippen LogP contribution >= 0.6 is 0 Å². The van der Waals surface area contributed by atoms with E-state index in [0.29, 0.717) is 11.3 Å². The molecule has 0 atom stereocenters. The van der Waals surface area contributed by atoms with Crippen molar-refractivity contribution in [1.29, 1.82) is 0 Å². The minimum atomic E-state index is -0.219. The third-order valence-electron chi connectivity index (χ3n) is 2.07. The van der Waals surface area contributed by atoms with Crippen molar-refractivity contribution < 1.29 is 4.39 Å². The normalized spacial score (nSPS) is 10.1. The summed E-state index contributed by atoms with van der Waals surface area (Å²) in [6.45, 7) is 1.87. The van der Waals surface area contributed by atoms with Gasteiger partial charge in [-0.1, -0.05) is 12.1 Å². The Labute approximate surface area is 82.2 Å². The van der Waals surface area contributed by atoms with Gasteiger partial charge in [0.2, 0.25) is 0 Å². The Balaban J connectivity index is 2.53. The molecule has 0 spiro atoms. The van der Waals surface area contributed by atoms with Crippen molar-refractivity contribution in [2.24, 2.45) is 0 Å². The van der Waals surface area contributed by atoms with Crippen LogP contribution in [0.4, 0.5) is 4.39 Å². The van der Waals surface area contributed by atoms with Gasteiger partial charge >= 0.3 is 0 Å². The summed E-state index contributed by atoms with van der Waals surface area (Å²) in [5, 5.41) is 0. The van der Waals surface area contributed by atoms with E-state index in [4.69, 9.17) is 0 Å². The first-order valence-electron chi connectivity index (χ1n) is 4.45. The van der Waals surface area contributed by atoms with Crippen LogP contribution in [-0.4, -0.2) is 4.98 Å². The number of aryl methyl sites for hydroxylation is 1. The Kier molecular flexibility index (Phi) is 2.27. The Morgan fingerprint density at radius 2 is 2.00 bits per heavy atom. The molecule has 0 aliphatic rings. The lowest BCUT2D eigenvalue weighted by molar-refractivity contribution is 0.629. The molecule has 0 N–H and O–H groups in total. The second-order valence-corrected chi connectivity index (χ2v) is 3.20. The lowest BCUT2D eigenvalue weighted by atomic mass is 10.1. The van der Waals surface area contributed by atoms with Crippen molar-refractivity contribution in [3.8, 4) is 11.3 Å². The van der Waals surface area contributed by atoms with Gasteiger partial charge in [-0.05, 0) is 36.8 Å². The predicted molar refractivity (Wildman–Crippen MR) is 54.4 cm³/mol. The van der Waals surface area contributed by atoms with Crippen LogP contribution in [-0.2, 0) is 0 Å². The molecule has 70 valence electrons. The highest BCUT2D eigenvalue weighted by molar-refractivity contribution is 5.59. The van der Waals surface area contributed by atoms with Crippen LogP contribution < -0.4 is 0 Å². The molecular formula is C12H10FN. The number of nitrogens with zero attached hydrogens (tertiary/aromatic N) is 1. The first-order valence-corrected chi connectivity index (χ1v) is 4.45. The van der Waals surface area contributed by atoms with Gasteiger partial charge in [0.25, 0.3) is 0 Å². The number of benzene rings is 1. The highest BCUT2D eigenvalue weighted by Gasteiger charge is 2.04. The molecule has 1 aromatic heterocycles. The van der Waals surface area contributed by atoms with Crippen LogP contribution in [0, 0.1) is 12.7 Å². The van der Waals surface area contributed by atoms with Gasteiger partial charge in [0, 0.05) is 11.8 Å². The fourth-order valence-corrected chi connectivity index (χ4v) is 1.35. The van der Waals surface area contributed by atoms with Crippen LogP contribution in [0.1, 0.15) is 5.56 Å². The van der Waals surface area contributed by atoms with E-state index < -0.39 is 0 Å². The maximum atomic E-state index is 13.5. The number of pyridine rings is 1. The fourth-order valence-electron chi connectivity index (χ4n) is 1.35. The third kappa shape index (κ3) is 1.64. The highest BCUT2D eigenvalue weighted by Crippen LogP contribution is 2.20. The summed E-state index contributed by atoms with van der Waals surface area (Å²) in [4.78, 5) is 4.10. The summed E-state index contributed by atoms with van der Waals surface area (Å²) in [5.74, 6) is -0.219. The van der Waals surface area contributed by atoms with Gasteiger partial charge in [-0.15, -0.1) is 0 Å². The van der Waals surface area contributed by atoms with Gasteiger partial charge in [0.1, 0.15) is 5.82 Å². The molecule has 0 saturated carbocycles. The smallest absolute Gasteiger partial charge is 0.132 e. The Morgan fingerprint density at radius 3 is 2.64 bits per heavy atom. The van der Waals surface area contributed by atoms with Crippen LogP contribution in [0.5, 0.6) is 0 Å². The molecule has 0 aliphatic heterocycles. The molecule has 2 rings (SSSR count). The molecule has 2 heteroatoms. The molecule has 0 fully saturated rings. The number of halogens is 1. The van der Waals surface area contributed by atoms with Gasteiger partial charge in [-0.3, -0.25) is 4.98 Å². The number of hydrogen-bond acceptors (Lipinski definition) is 1. The van der Waals surface area contributed by atoms with Crippen LogP contribution in [0.3, 0.4) is 0 Å². The van der Waals surface area contributed by atoms with Crippen molar-refractivity contribution >= 4 is 0 Å². The molecule has 1 heterocycles. The van der Waals surface area contributed by atoms with Gasteiger partial charge in [0.05, 0.1) is 5.69 Å². The van der Waals surface area contributed by atoms with E-state index in [1.54, 1.807) is 18.3 Å². The first-order chi connectivity index (χ1) is 6.77. The highest BCUT2D eigenvalue weighted by atomic mass is 19.1. The predicted octanol–water partition coefficient (Wildman–Crippen LogP) is 3.20. The molecule has 1 nitrogen and oxygen atoms in total. The summed E-state index contributed by atoms with van der Waals surface area (Å²) < 4.78 is 13.5. The van der Waals surface area contributed by atoms with Crippen molar-refractivity contribution in [2.45, 2.75) is 6.92 Å². The fraction of sp³-hybridized carbons (Fsp3) is 0.0833. The average molecular weight is 187 g/mol. The van der Waals surface area contributed by atoms with Crippen LogP contribution in [0.25, 0.3) is 11.3 Å². The Morgan fingerprint density at radius 1 is 1.14 bits per heavy atom. The second kappa shape index (κ2) is 3.58. The number of aromatic nitrogens is 1. The number of hydrogen-bond donors (Lipinski definition) is 0. The van der Waals surface area contributed by atoms with E-state index in [2.05, 4.69) is 4.98 Å². The molecule has 2 aromatic rings. The maximum Gasteiger partial charge on any atom is 0.132 e. The van der Waals surface area contributed by atoms with E-state index in [-0.39, 0.29) is 5.82 Å². The van der Waals surface area contributed by atoms with Crippen molar-refractivity contribution in [1.82, 2.24) is 4.98 Å². The van der Waals surface area contributed by atoms with Crippen molar-refractivity contribution in [3.63, 3.8) is 0 Å². The zero-order valence-corrected chi connectivity index (χ0v) is 7.87. The molecule has 0 amide bonds. The Bertz CT molecular complexity index is 437. The molecule has 0 unspecified atom stereocenters. The minimum Gasteiger partial charge on any atom is -0.256 e. The van der Waals surface area contributed by atoms with Gasteiger partial charge in [-0.2, -0.15) is 0 Å². The summed E-state index contributed by atoms with van der Waals surface area (Å²) >= 11 is 0. The Hall–Kier alpha value is -1.70. The monoisotopic (exact) mass is 187 g/mol. The molecule has 0 aliphatic carbocycles. The standard InChI is InChI=1S/C12H10FN/c1-9-5-6-10(11(13)8-9)12-4-2-3-7-14-12/h2-8H,1H3. The topological polar surface area (TPSA) is 12.9 Å². The van der Waals surface area contributed by atoms with Crippen molar-refractivity contribution in [3.05, 3.63) is 54.0 Å². The second-order valence-electron chi connectivity index (χ2n) is 3.20. The van der Waals surface area contributed by atoms with E-state index in [1.165, 1.54) is 6.07 Å².